The maximum Gasteiger partial charge on any atom is 0.269 e. The van der Waals surface area contributed by atoms with Gasteiger partial charge in [-0.25, -0.2) is 0 Å². The lowest BCUT2D eigenvalue weighted by Gasteiger charge is -2.24. The van der Waals surface area contributed by atoms with E-state index in [2.05, 4.69) is 27.4 Å². The zero-order valence-corrected chi connectivity index (χ0v) is 14.1. The Bertz CT molecular complexity index is 698. The molecule has 128 valence electrons. The summed E-state index contributed by atoms with van der Waals surface area (Å²) in [6.07, 6.45) is 0.340. The second kappa shape index (κ2) is 7.15. The summed E-state index contributed by atoms with van der Waals surface area (Å²) in [5.74, 6) is -0.126. The molecule has 0 radical (unpaired) electrons. The molecule has 1 aromatic heterocycles. The van der Waals surface area contributed by atoms with E-state index < -0.39 is 0 Å². The van der Waals surface area contributed by atoms with Gasteiger partial charge in [-0.3, -0.25) is 14.4 Å². The minimum atomic E-state index is -0.338. The average Bonchev–Trinajstić information content (AvgIpc) is 3.07. The van der Waals surface area contributed by atoms with E-state index in [0.29, 0.717) is 25.2 Å². The number of rotatable bonds is 5. The van der Waals surface area contributed by atoms with Gasteiger partial charge in [0.05, 0.1) is 11.8 Å². The van der Waals surface area contributed by atoms with Gasteiger partial charge >= 0.3 is 0 Å². The quantitative estimate of drug-likeness (QED) is 0.862. The van der Waals surface area contributed by atoms with Crippen molar-refractivity contribution in [2.24, 2.45) is 7.05 Å². The first-order valence-corrected chi connectivity index (χ1v) is 8.28. The van der Waals surface area contributed by atoms with E-state index in [1.807, 2.05) is 25.1 Å². The van der Waals surface area contributed by atoms with Gasteiger partial charge in [0.25, 0.3) is 5.91 Å². The summed E-state index contributed by atoms with van der Waals surface area (Å²) < 4.78 is 1.59. The van der Waals surface area contributed by atoms with Crippen molar-refractivity contribution in [3.63, 3.8) is 0 Å². The molecule has 0 bridgehead atoms. The van der Waals surface area contributed by atoms with Gasteiger partial charge < -0.3 is 10.4 Å². The summed E-state index contributed by atoms with van der Waals surface area (Å²) in [7, 11) is 1.77. The standard InChI is InChI=1S/C18H24N4O2/c1-13-8-17(21(2)20-13)18(24)19-10-15-9-16(23)12-22(15)11-14-6-4-3-5-7-14/h3-8,15-16,23H,9-12H2,1-2H3,(H,19,24)/t15-,16-/m0/s1. The number of carbonyl (C=O) groups is 1. The lowest BCUT2D eigenvalue weighted by atomic mass is 10.1. The van der Waals surface area contributed by atoms with Crippen LogP contribution >= 0.6 is 0 Å². The Morgan fingerprint density at radius 2 is 2.12 bits per heavy atom. The third-order valence-corrected chi connectivity index (χ3v) is 4.47. The van der Waals surface area contributed by atoms with Gasteiger partial charge in [-0.15, -0.1) is 0 Å². The topological polar surface area (TPSA) is 70.4 Å². The average molecular weight is 328 g/mol. The number of hydrogen-bond acceptors (Lipinski definition) is 4. The molecule has 6 heteroatoms. The van der Waals surface area contributed by atoms with Crippen molar-refractivity contribution in [2.45, 2.75) is 32.0 Å². The van der Waals surface area contributed by atoms with E-state index in [4.69, 9.17) is 0 Å². The van der Waals surface area contributed by atoms with Gasteiger partial charge in [-0.1, -0.05) is 30.3 Å². The van der Waals surface area contributed by atoms with E-state index in [-0.39, 0.29) is 18.1 Å². The normalized spacial score (nSPS) is 21.1. The lowest BCUT2D eigenvalue weighted by molar-refractivity contribution is 0.0930. The number of hydrogen-bond donors (Lipinski definition) is 2. The van der Waals surface area contributed by atoms with Crippen LogP contribution in [0.15, 0.2) is 36.4 Å². The first-order chi connectivity index (χ1) is 11.5. The molecule has 2 N–H and O–H groups in total. The molecule has 1 aromatic carbocycles. The molecule has 2 aromatic rings. The predicted octanol–water partition coefficient (Wildman–Crippen LogP) is 1.09. The molecule has 1 fully saturated rings. The molecular weight excluding hydrogens is 304 g/mol. The van der Waals surface area contributed by atoms with Crippen molar-refractivity contribution in [1.29, 1.82) is 0 Å². The SMILES string of the molecule is Cc1cc(C(=O)NC[C@@H]2C[C@H](O)CN2Cc2ccccc2)n(C)n1. The van der Waals surface area contributed by atoms with Crippen molar-refractivity contribution < 1.29 is 9.90 Å². The maximum absolute atomic E-state index is 12.3. The van der Waals surface area contributed by atoms with Crippen LogP contribution < -0.4 is 5.32 Å². The summed E-state index contributed by atoms with van der Waals surface area (Å²) in [6.45, 7) is 3.81. The molecule has 0 aliphatic carbocycles. The number of benzene rings is 1. The molecule has 3 rings (SSSR count). The van der Waals surface area contributed by atoms with E-state index in [0.717, 1.165) is 12.2 Å². The largest absolute Gasteiger partial charge is 0.392 e. The molecule has 1 aliphatic heterocycles. The molecule has 1 aliphatic rings. The van der Waals surface area contributed by atoms with Crippen molar-refractivity contribution in [3.05, 3.63) is 53.3 Å². The highest BCUT2D eigenvalue weighted by molar-refractivity contribution is 5.92. The number of nitrogens with one attached hydrogen (secondary N) is 1. The molecule has 1 amide bonds. The number of carbonyl (C=O) groups excluding carboxylic acids is 1. The summed E-state index contributed by atoms with van der Waals surface area (Å²) in [4.78, 5) is 14.6. The Hall–Kier alpha value is -2.18. The number of amides is 1. The first kappa shape index (κ1) is 16.7. The number of aromatic nitrogens is 2. The molecule has 0 spiro atoms. The summed E-state index contributed by atoms with van der Waals surface area (Å²) >= 11 is 0. The van der Waals surface area contributed by atoms with Gasteiger partial charge in [0, 0.05) is 32.7 Å². The molecule has 6 nitrogen and oxygen atoms in total. The highest BCUT2D eigenvalue weighted by atomic mass is 16.3. The van der Waals surface area contributed by atoms with Gasteiger partial charge in [0.15, 0.2) is 0 Å². The first-order valence-electron chi connectivity index (χ1n) is 8.28. The minimum Gasteiger partial charge on any atom is -0.392 e. The Morgan fingerprint density at radius 1 is 1.38 bits per heavy atom. The van der Waals surface area contributed by atoms with Crippen LogP contribution in [-0.4, -0.2) is 50.9 Å². The third-order valence-electron chi connectivity index (χ3n) is 4.47. The van der Waals surface area contributed by atoms with Crippen molar-refractivity contribution >= 4 is 5.91 Å². The summed E-state index contributed by atoms with van der Waals surface area (Å²) in [5.41, 5.74) is 2.59. The van der Waals surface area contributed by atoms with Crippen molar-refractivity contribution in [2.75, 3.05) is 13.1 Å². The number of likely N-dealkylation sites (tertiary alicyclic amines) is 1. The molecule has 2 heterocycles. The molecule has 2 atom stereocenters. The molecular formula is C18H24N4O2. The Morgan fingerprint density at radius 3 is 2.79 bits per heavy atom. The van der Waals surface area contributed by atoms with Crippen LogP contribution in [0.5, 0.6) is 0 Å². The van der Waals surface area contributed by atoms with Crippen molar-refractivity contribution in [1.82, 2.24) is 20.0 Å². The monoisotopic (exact) mass is 328 g/mol. The number of aliphatic hydroxyl groups is 1. The summed E-state index contributed by atoms with van der Waals surface area (Å²) in [5, 5.41) is 17.2. The van der Waals surface area contributed by atoms with Gasteiger partial charge in [0.2, 0.25) is 0 Å². The van der Waals surface area contributed by atoms with Crippen LogP contribution in [0.2, 0.25) is 0 Å². The fraction of sp³-hybridized carbons (Fsp3) is 0.444. The lowest BCUT2D eigenvalue weighted by Crippen LogP contribution is -2.40. The van der Waals surface area contributed by atoms with E-state index in [1.54, 1.807) is 17.8 Å². The Balaban J connectivity index is 1.60. The fourth-order valence-corrected chi connectivity index (χ4v) is 3.31. The highest BCUT2D eigenvalue weighted by Crippen LogP contribution is 2.20. The predicted molar refractivity (Wildman–Crippen MR) is 91.5 cm³/mol. The molecule has 24 heavy (non-hydrogen) atoms. The number of aliphatic hydroxyl groups excluding tert-OH is 1. The maximum atomic E-state index is 12.3. The van der Waals surface area contributed by atoms with Gasteiger partial charge in [-0.05, 0) is 25.0 Å². The van der Waals surface area contributed by atoms with Crippen LogP contribution in [0, 0.1) is 6.92 Å². The van der Waals surface area contributed by atoms with E-state index in [1.165, 1.54) is 5.56 Å². The highest BCUT2D eigenvalue weighted by Gasteiger charge is 2.31. The Labute approximate surface area is 142 Å². The molecule has 0 saturated carbocycles. The third kappa shape index (κ3) is 3.83. The Kier molecular flexibility index (Phi) is 4.97. The van der Waals surface area contributed by atoms with E-state index in [9.17, 15) is 9.90 Å². The summed E-state index contributed by atoms with van der Waals surface area (Å²) in [6, 6.07) is 12.1. The second-order valence-corrected chi connectivity index (χ2v) is 6.46. The smallest absolute Gasteiger partial charge is 0.269 e. The zero-order valence-electron chi connectivity index (χ0n) is 14.1. The van der Waals surface area contributed by atoms with E-state index >= 15 is 0 Å². The van der Waals surface area contributed by atoms with Crippen LogP contribution in [0.1, 0.15) is 28.2 Å². The number of aryl methyl sites for hydroxylation is 2. The van der Waals surface area contributed by atoms with Crippen LogP contribution in [0.4, 0.5) is 0 Å². The molecule has 0 unspecified atom stereocenters. The van der Waals surface area contributed by atoms with Gasteiger partial charge in [-0.2, -0.15) is 5.10 Å². The fourth-order valence-electron chi connectivity index (χ4n) is 3.31. The van der Waals surface area contributed by atoms with Crippen LogP contribution in [0.3, 0.4) is 0 Å². The second-order valence-electron chi connectivity index (χ2n) is 6.46. The van der Waals surface area contributed by atoms with Crippen LogP contribution in [0.25, 0.3) is 0 Å². The van der Waals surface area contributed by atoms with Crippen LogP contribution in [-0.2, 0) is 13.6 Å². The minimum absolute atomic E-state index is 0.126. The zero-order chi connectivity index (χ0) is 17.1. The number of nitrogens with zero attached hydrogens (tertiary/aromatic N) is 3. The van der Waals surface area contributed by atoms with Gasteiger partial charge in [0.1, 0.15) is 5.69 Å². The van der Waals surface area contributed by atoms with Crippen molar-refractivity contribution in [3.8, 4) is 0 Å². The molecule has 1 saturated heterocycles. The number of β-amino-alcohol motifs (C(OH)–C–C–N with tert-alkyl or cyclic N) is 1.